The molecule has 0 aliphatic carbocycles. The van der Waals surface area contributed by atoms with Gasteiger partial charge in [-0.05, 0) is 98.6 Å². The molecule has 0 bridgehead atoms. The predicted octanol–water partition coefficient (Wildman–Crippen LogP) is -0.347. The van der Waals surface area contributed by atoms with Crippen molar-refractivity contribution < 1.29 is 57.7 Å². The summed E-state index contributed by atoms with van der Waals surface area (Å²) in [7, 11) is 0. The number of amides is 9. The van der Waals surface area contributed by atoms with Gasteiger partial charge in [0.25, 0.3) is 0 Å². The van der Waals surface area contributed by atoms with Gasteiger partial charge in [0.05, 0.1) is 6.10 Å². The van der Waals surface area contributed by atoms with E-state index >= 15 is 0 Å². The molecule has 1 aromatic rings. The van der Waals surface area contributed by atoms with Crippen molar-refractivity contribution in [2.45, 2.75) is 161 Å². The Bertz CT molecular complexity index is 1830. The number of hydrogen-bond donors (Lipinski definition) is 11. The Morgan fingerprint density at radius 3 is 1.58 bits per heavy atom. The Hall–Kier alpha value is -6.03. The number of carbonyl (C=O) groups excluding carboxylic acids is 9. The molecule has 0 unspecified atom stereocenters. The minimum absolute atomic E-state index is 0.00376. The SMILES string of the molecule is CC(C)C[C@@H]1NC(=O)[C@@H](Cc2ccccc2)NC(=O)[C@H](CCN)NC(=O)CCCNC(=O)[C@H]([C@@H](C)O)NC(=O)[C@H](CCNC(=O)OC(C)(C)C)NC(=O)[C@H](CCNC(=O)OC(C)(C)C)NC1=O. The van der Waals surface area contributed by atoms with Crippen LogP contribution < -0.4 is 53.6 Å². The smallest absolute Gasteiger partial charge is 0.407 e. The van der Waals surface area contributed by atoms with E-state index in [1.165, 1.54) is 6.92 Å². The fourth-order valence-corrected chi connectivity index (χ4v) is 6.59. The van der Waals surface area contributed by atoms with Crippen LogP contribution in [0.5, 0.6) is 0 Å². The molecule has 0 saturated carbocycles. The van der Waals surface area contributed by atoms with Crippen LogP contribution >= 0.6 is 0 Å². The number of nitrogens with two attached hydrogens (primary N) is 1. The monoisotopic (exact) mass is 947 g/mol. The number of benzene rings is 1. The molecule has 0 radical (unpaired) electrons. The maximum absolute atomic E-state index is 14.3. The zero-order valence-electron chi connectivity index (χ0n) is 40.3. The van der Waals surface area contributed by atoms with Gasteiger partial charge in [0, 0.05) is 32.5 Å². The topological polar surface area (TPSA) is 327 Å². The summed E-state index contributed by atoms with van der Waals surface area (Å²) in [6, 6.07) is 0.511. The summed E-state index contributed by atoms with van der Waals surface area (Å²) >= 11 is 0. The summed E-state index contributed by atoms with van der Waals surface area (Å²) in [5.74, 6) is -5.76. The molecule has 1 aromatic carbocycles. The van der Waals surface area contributed by atoms with E-state index in [4.69, 9.17) is 15.2 Å². The summed E-state index contributed by atoms with van der Waals surface area (Å²) in [5, 5.41) is 34.0. The molecule has 2 rings (SSSR count). The Morgan fingerprint density at radius 1 is 0.657 bits per heavy atom. The Balaban J connectivity index is 2.68. The third-order valence-electron chi connectivity index (χ3n) is 9.77. The van der Waals surface area contributed by atoms with E-state index in [0.29, 0.717) is 5.56 Å². The van der Waals surface area contributed by atoms with Gasteiger partial charge < -0.3 is 68.2 Å². The van der Waals surface area contributed by atoms with Gasteiger partial charge in [0.15, 0.2) is 0 Å². The highest BCUT2D eigenvalue weighted by atomic mass is 16.6. The normalized spacial score (nSPS) is 22.9. The van der Waals surface area contributed by atoms with Crippen LogP contribution in [0.25, 0.3) is 0 Å². The average molecular weight is 947 g/mol. The van der Waals surface area contributed by atoms with Crippen LogP contribution in [0.2, 0.25) is 0 Å². The summed E-state index contributed by atoms with van der Waals surface area (Å²) < 4.78 is 10.6. The second-order valence-corrected chi connectivity index (χ2v) is 18.8. The molecule has 12 N–H and O–H groups in total. The number of hydrogen-bond acceptors (Lipinski definition) is 13. The van der Waals surface area contributed by atoms with E-state index in [1.807, 2.05) is 0 Å². The lowest BCUT2D eigenvalue weighted by Crippen LogP contribution is -2.61. The molecule has 1 fully saturated rings. The number of rotatable bonds is 13. The van der Waals surface area contributed by atoms with Crippen molar-refractivity contribution in [3.63, 3.8) is 0 Å². The van der Waals surface area contributed by atoms with Crippen LogP contribution in [-0.4, -0.2) is 138 Å². The van der Waals surface area contributed by atoms with Crippen LogP contribution in [0.15, 0.2) is 30.3 Å². The maximum atomic E-state index is 14.3. The third kappa shape index (κ3) is 22.8. The lowest BCUT2D eigenvalue weighted by Gasteiger charge is -2.28. The molecule has 1 aliphatic heterocycles. The van der Waals surface area contributed by atoms with Crippen LogP contribution in [0, 0.1) is 5.92 Å². The molecule has 9 amide bonds. The number of carbonyl (C=O) groups is 9. The zero-order chi connectivity index (χ0) is 50.5. The highest BCUT2D eigenvalue weighted by Crippen LogP contribution is 2.12. The fourth-order valence-electron chi connectivity index (χ4n) is 6.59. The van der Waals surface area contributed by atoms with Crippen molar-refractivity contribution in [2.75, 3.05) is 26.2 Å². The summed E-state index contributed by atoms with van der Waals surface area (Å²) in [6.07, 6.45) is -3.66. The van der Waals surface area contributed by atoms with Crippen molar-refractivity contribution in [3.8, 4) is 0 Å². The minimum Gasteiger partial charge on any atom is -0.444 e. The third-order valence-corrected chi connectivity index (χ3v) is 9.77. The van der Waals surface area contributed by atoms with Crippen molar-refractivity contribution in [2.24, 2.45) is 11.7 Å². The first kappa shape index (κ1) is 57.1. The molecule has 1 saturated heterocycles. The van der Waals surface area contributed by atoms with Crippen LogP contribution in [0.4, 0.5) is 9.59 Å². The molecule has 376 valence electrons. The Labute approximate surface area is 392 Å². The van der Waals surface area contributed by atoms with Gasteiger partial charge in [-0.2, -0.15) is 0 Å². The molecule has 1 heterocycles. The molecular formula is C45H74N10O12. The predicted molar refractivity (Wildman–Crippen MR) is 246 cm³/mol. The number of aliphatic hydroxyl groups is 1. The van der Waals surface area contributed by atoms with Gasteiger partial charge in [-0.1, -0.05) is 44.2 Å². The average Bonchev–Trinajstić information content (AvgIpc) is 3.21. The van der Waals surface area contributed by atoms with Gasteiger partial charge in [-0.3, -0.25) is 33.6 Å². The van der Waals surface area contributed by atoms with Gasteiger partial charge in [-0.15, -0.1) is 0 Å². The largest absolute Gasteiger partial charge is 0.444 e. The maximum Gasteiger partial charge on any atom is 0.407 e. The zero-order valence-corrected chi connectivity index (χ0v) is 40.3. The first-order valence-electron chi connectivity index (χ1n) is 22.7. The van der Waals surface area contributed by atoms with E-state index in [2.05, 4.69) is 47.9 Å². The van der Waals surface area contributed by atoms with Crippen LogP contribution in [-0.2, 0) is 49.5 Å². The van der Waals surface area contributed by atoms with Crippen molar-refractivity contribution in [1.82, 2.24) is 47.9 Å². The van der Waals surface area contributed by atoms with E-state index < -0.39 is 107 Å². The number of nitrogens with one attached hydrogen (secondary N) is 9. The van der Waals surface area contributed by atoms with Crippen LogP contribution in [0.1, 0.15) is 106 Å². The Morgan fingerprint density at radius 2 is 1.10 bits per heavy atom. The fraction of sp³-hybridized carbons (Fsp3) is 0.667. The first-order chi connectivity index (χ1) is 31.3. The molecule has 7 atom stereocenters. The van der Waals surface area contributed by atoms with E-state index in [9.17, 15) is 48.3 Å². The molecule has 22 heteroatoms. The van der Waals surface area contributed by atoms with Gasteiger partial charge in [0.2, 0.25) is 41.4 Å². The van der Waals surface area contributed by atoms with Gasteiger partial charge in [-0.25, -0.2) is 9.59 Å². The molecule has 22 nitrogen and oxygen atoms in total. The van der Waals surface area contributed by atoms with E-state index in [1.54, 1.807) is 85.7 Å². The van der Waals surface area contributed by atoms with E-state index in [-0.39, 0.29) is 77.0 Å². The number of ether oxygens (including phenoxy) is 2. The highest BCUT2D eigenvalue weighted by Gasteiger charge is 2.35. The summed E-state index contributed by atoms with van der Waals surface area (Å²) in [6.45, 7) is 14.2. The van der Waals surface area contributed by atoms with Gasteiger partial charge in [0.1, 0.15) is 47.5 Å². The molecule has 0 aromatic heterocycles. The lowest BCUT2D eigenvalue weighted by atomic mass is 10.00. The standard InChI is InChI=1S/C45H74N10O12/c1-26(2)24-32-39(61)52-30(18-22-48-42(64)66-44(4,5)6)37(59)51-31(19-23-49-43(65)67-45(7,8)9)38(60)55-35(27(3)56)41(63)47-21-13-16-34(57)50-29(17-20-46)36(58)54-33(40(62)53-32)25-28-14-11-10-12-15-28/h10-12,14-15,26-27,29-33,35,56H,13,16-25,46H2,1-9H3,(H,47,63)(H,48,64)(H,49,65)(H,50,57)(H,51,59)(H,52,61)(H,53,62)(H,54,58)(H,55,60)/t27-,29+,30+,31+,32+,33-,35+/m1/s1. The van der Waals surface area contributed by atoms with E-state index in [0.717, 1.165) is 0 Å². The van der Waals surface area contributed by atoms with Crippen LogP contribution in [0.3, 0.4) is 0 Å². The second kappa shape index (κ2) is 27.6. The highest BCUT2D eigenvalue weighted by molar-refractivity contribution is 5.97. The molecular weight excluding hydrogens is 873 g/mol. The summed E-state index contributed by atoms with van der Waals surface area (Å²) in [5.41, 5.74) is 4.76. The summed E-state index contributed by atoms with van der Waals surface area (Å²) in [4.78, 5) is 122. The second-order valence-electron chi connectivity index (χ2n) is 18.8. The van der Waals surface area contributed by atoms with Gasteiger partial charge >= 0.3 is 12.2 Å². The lowest BCUT2D eigenvalue weighted by molar-refractivity contribution is -0.136. The van der Waals surface area contributed by atoms with Crippen molar-refractivity contribution in [1.29, 1.82) is 0 Å². The number of aliphatic hydroxyl groups excluding tert-OH is 1. The Kier molecular flexibility index (Phi) is 23.5. The first-order valence-corrected chi connectivity index (χ1v) is 22.7. The van der Waals surface area contributed by atoms with Crippen molar-refractivity contribution >= 4 is 53.5 Å². The molecule has 1 aliphatic rings. The van der Waals surface area contributed by atoms with Crippen molar-refractivity contribution in [3.05, 3.63) is 35.9 Å². The molecule has 67 heavy (non-hydrogen) atoms. The quantitative estimate of drug-likeness (QED) is 0.121. The minimum atomic E-state index is -1.56. The number of alkyl carbamates (subject to hydrolysis) is 2. The molecule has 0 spiro atoms.